The van der Waals surface area contributed by atoms with Crippen LogP contribution in [-0.2, 0) is 9.84 Å². The van der Waals surface area contributed by atoms with E-state index in [0.29, 0.717) is 16.7 Å². The third-order valence-electron chi connectivity index (χ3n) is 6.43. The summed E-state index contributed by atoms with van der Waals surface area (Å²) in [5, 5.41) is 0. The molecular weight excluding hydrogens is 340 g/mol. The van der Waals surface area contributed by atoms with Crippen molar-refractivity contribution < 1.29 is 8.42 Å². The highest BCUT2D eigenvalue weighted by Crippen LogP contribution is 2.41. The Balaban J connectivity index is 1.88. The van der Waals surface area contributed by atoms with E-state index in [0.717, 1.165) is 5.92 Å². The molecule has 2 fully saturated rings. The van der Waals surface area contributed by atoms with Crippen LogP contribution in [0.5, 0.6) is 0 Å². The van der Waals surface area contributed by atoms with Gasteiger partial charge in [0.2, 0.25) is 0 Å². The summed E-state index contributed by atoms with van der Waals surface area (Å²) in [6, 6.07) is 7.73. The molecule has 1 aromatic carbocycles. The van der Waals surface area contributed by atoms with Gasteiger partial charge in [0, 0.05) is 12.2 Å². The first kappa shape index (κ1) is 19.7. The molecule has 0 bridgehead atoms. The minimum Gasteiger partial charge on any atom is -0.224 e. The van der Waals surface area contributed by atoms with Gasteiger partial charge in [0.15, 0.2) is 9.84 Å². The molecule has 1 aromatic rings. The molecule has 1 unspecified atom stereocenters. The van der Waals surface area contributed by atoms with Gasteiger partial charge in [-0.15, -0.1) is 0 Å². The van der Waals surface area contributed by atoms with Crippen LogP contribution in [0.2, 0.25) is 0 Å². The second-order valence-corrected chi connectivity index (χ2v) is 10.5. The third kappa shape index (κ3) is 5.00. The molecule has 3 rings (SSSR count). The molecule has 0 aliphatic heterocycles. The van der Waals surface area contributed by atoms with Gasteiger partial charge in [0.1, 0.15) is 0 Å². The van der Waals surface area contributed by atoms with Gasteiger partial charge in [0.05, 0.1) is 4.90 Å². The molecule has 0 saturated heterocycles. The lowest BCUT2D eigenvalue weighted by Crippen LogP contribution is -2.18. The molecule has 2 nitrogen and oxygen atoms in total. The molecule has 0 spiro atoms. The van der Waals surface area contributed by atoms with Gasteiger partial charge in [-0.3, -0.25) is 0 Å². The molecule has 2 aliphatic carbocycles. The Morgan fingerprint density at radius 3 is 2.00 bits per heavy atom. The zero-order valence-corrected chi connectivity index (χ0v) is 17.2. The minimum atomic E-state index is -3.13. The fraction of sp³-hybridized carbons (Fsp3) is 0.652. The normalized spacial score (nSPS) is 22.3. The van der Waals surface area contributed by atoms with E-state index in [4.69, 9.17) is 0 Å². The van der Waals surface area contributed by atoms with Gasteiger partial charge in [-0.1, -0.05) is 62.3 Å². The number of hydrogen-bond acceptors (Lipinski definition) is 2. The first-order chi connectivity index (χ1) is 12.4. The van der Waals surface area contributed by atoms with Crippen LogP contribution >= 0.6 is 0 Å². The van der Waals surface area contributed by atoms with Crippen LogP contribution in [-0.4, -0.2) is 14.7 Å². The van der Waals surface area contributed by atoms with Crippen LogP contribution < -0.4 is 0 Å². The highest BCUT2D eigenvalue weighted by molar-refractivity contribution is 7.90. The Kier molecular flexibility index (Phi) is 6.60. The average molecular weight is 375 g/mol. The largest absolute Gasteiger partial charge is 0.224 e. The second kappa shape index (κ2) is 8.73. The van der Waals surface area contributed by atoms with Crippen LogP contribution in [0.1, 0.15) is 82.6 Å². The smallest absolute Gasteiger partial charge is 0.175 e. The summed E-state index contributed by atoms with van der Waals surface area (Å²) in [7, 11) is -3.13. The Labute approximate surface area is 160 Å². The van der Waals surface area contributed by atoms with E-state index in [1.165, 1.54) is 81.6 Å². The molecule has 1 atom stereocenters. The standard InChI is InChI=1S/C23H34O2S/c1-18(17-19-9-5-3-6-10-19)23(20-11-7-4-8-12-20)21-13-15-22(16-14-21)26(2,24)25/h13-17,19-20,23H,3-12H2,1-2H3/b18-17+. The summed E-state index contributed by atoms with van der Waals surface area (Å²) >= 11 is 0. The number of rotatable bonds is 5. The summed E-state index contributed by atoms with van der Waals surface area (Å²) in [5.41, 5.74) is 2.81. The van der Waals surface area contributed by atoms with Crippen molar-refractivity contribution >= 4 is 9.84 Å². The van der Waals surface area contributed by atoms with Crippen molar-refractivity contribution in [2.75, 3.05) is 6.26 Å². The van der Waals surface area contributed by atoms with Crippen molar-refractivity contribution in [3.63, 3.8) is 0 Å². The Morgan fingerprint density at radius 2 is 1.46 bits per heavy atom. The molecule has 0 N–H and O–H groups in total. The van der Waals surface area contributed by atoms with Gasteiger partial charge in [0.25, 0.3) is 0 Å². The maximum Gasteiger partial charge on any atom is 0.175 e. The van der Waals surface area contributed by atoms with Crippen LogP contribution in [0.3, 0.4) is 0 Å². The van der Waals surface area contributed by atoms with E-state index >= 15 is 0 Å². The molecular formula is C23H34O2S. The lowest BCUT2D eigenvalue weighted by molar-refractivity contribution is 0.322. The second-order valence-electron chi connectivity index (χ2n) is 8.53. The van der Waals surface area contributed by atoms with Gasteiger partial charge in [-0.25, -0.2) is 8.42 Å². The molecule has 0 amide bonds. The van der Waals surface area contributed by atoms with Crippen molar-refractivity contribution in [1.82, 2.24) is 0 Å². The first-order valence-corrected chi connectivity index (χ1v) is 12.3. The number of benzene rings is 1. The zero-order valence-electron chi connectivity index (χ0n) is 16.4. The fourth-order valence-corrected chi connectivity index (χ4v) is 5.70. The van der Waals surface area contributed by atoms with E-state index in [-0.39, 0.29) is 0 Å². The summed E-state index contributed by atoms with van der Waals surface area (Å²) in [4.78, 5) is 0.428. The van der Waals surface area contributed by atoms with Crippen LogP contribution in [0.25, 0.3) is 0 Å². The minimum absolute atomic E-state index is 0.428. The fourth-order valence-electron chi connectivity index (χ4n) is 5.07. The summed E-state index contributed by atoms with van der Waals surface area (Å²) in [5.74, 6) is 1.89. The van der Waals surface area contributed by atoms with E-state index in [1.54, 1.807) is 12.1 Å². The highest BCUT2D eigenvalue weighted by atomic mass is 32.2. The van der Waals surface area contributed by atoms with Crippen molar-refractivity contribution in [1.29, 1.82) is 0 Å². The molecule has 0 radical (unpaired) electrons. The predicted molar refractivity (Wildman–Crippen MR) is 109 cm³/mol. The van der Waals surface area contributed by atoms with Crippen molar-refractivity contribution in [2.24, 2.45) is 11.8 Å². The first-order valence-electron chi connectivity index (χ1n) is 10.4. The summed E-state index contributed by atoms with van der Waals surface area (Å²) < 4.78 is 23.6. The molecule has 144 valence electrons. The number of allylic oxidation sites excluding steroid dienone is 2. The summed E-state index contributed by atoms with van der Waals surface area (Å²) in [6.45, 7) is 2.32. The molecule has 2 aliphatic rings. The van der Waals surface area contributed by atoms with Gasteiger partial charge >= 0.3 is 0 Å². The summed E-state index contributed by atoms with van der Waals surface area (Å²) in [6.07, 6.45) is 17.3. The quantitative estimate of drug-likeness (QED) is 0.568. The average Bonchev–Trinajstić information content (AvgIpc) is 2.63. The maximum absolute atomic E-state index is 11.8. The maximum atomic E-state index is 11.8. The lowest BCUT2D eigenvalue weighted by atomic mass is 9.72. The van der Waals surface area contributed by atoms with E-state index in [1.807, 2.05) is 0 Å². The molecule has 0 aromatic heterocycles. The van der Waals surface area contributed by atoms with Crippen molar-refractivity contribution in [2.45, 2.75) is 81.9 Å². The van der Waals surface area contributed by atoms with Crippen LogP contribution in [0.4, 0.5) is 0 Å². The van der Waals surface area contributed by atoms with E-state index < -0.39 is 9.84 Å². The Bertz CT molecular complexity index is 703. The highest BCUT2D eigenvalue weighted by Gasteiger charge is 2.27. The third-order valence-corrected chi connectivity index (χ3v) is 7.56. The molecule has 26 heavy (non-hydrogen) atoms. The number of hydrogen-bond donors (Lipinski definition) is 0. The van der Waals surface area contributed by atoms with Gasteiger partial charge < -0.3 is 0 Å². The van der Waals surface area contributed by atoms with Crippen molar-refractivity contribution in [3.8, 4) is 0 Å². The van der Waals surface area contributed by atoms with Gasteiger partial charge in [-0.05, 0) is 62.1 Å². The van der Waals surface area contributed by atoms with Gasteiger partial charge in [-0.2, -0.15) is 0 Å². The van der Waals surface area contributed by atoms with E-state index in [9.17, 15) is 8.42 Å². The molecule has 3 heteroatoms. The van der Waals surface area contributed by atoms with Crippen molar-refractivity contribution in [3.05, 3.63) is 41.5 Å². The van der Waals surface area contributed by atoms with E-state index in [2.05, 4.69) is 25.1 Å². The lowest BCUT2D eigenvalue weighted by Gasteiger charge is -2.32. The predicted octanol–water partition coefficient (Wildman–Crippen LogP) is 6.28. The SMILES string of the molecule is C/C(=C\C1CCCCC1)C(c1ccc(S(C)(=O)=O)cc1)C1CCCCC1. The Hall–Kier alpha value is -1.09. The molecule has 0 heterocycles. The van der Waals surface area contributed by atoms with Crippen LogP contribution in [0, 0.1) is 11.8 Å². The number of sulfone groups is 1. The molecule has 2 saturated carbocycles. The Morgan fingerprint density at radius 1 is 0.923 bits per heavy atom. The topological polar surface area (TPSA) is 34.1 Å². The monoisotopic (exact) mass is 374 g/mol. The zero-order chi connectivity index (χ0) is 18.6. The van der Waals surface area contributed by atoms with Crippen LogP contribution in [0.15, 0.2) is 40.8 Å².